The number of carbonyl (C=O) groups excluding carboxylic acids is 1. The third-order valence-corrected chi connectivity index (χ3v) is 4.28. The molecule has 7 heteroatoms. The number of nitrogens with zero attached hydrogens (tertiary/aromatic N) is 3. The second-order valence-electron chi connectivity index (χ2n) is 6.22. The lowest BCUT2D eigenvalue weighted by Crippen LogP contribution is -2.37. The first-order chi connectivity index (χ1) is 12.6. The van der Waals surface area contributed by atoms with Gasteiger partial charge in [-0.25, -0.2) is 9.18 Å². The quantitative estimate of drug-likeness (QED) is 0.892. The Morgan fingerprint density at radius 1 is 1.31 bits per heavy atom. The minimum atomic E-state index is -0.277. The van der Waals surface area contributed by atoms with Crippen LogP contribution in [0, 0.1) is 5.82 Å². The van der Waals surface area contributed by atoms with E-state index in [-0.39, 0.29) is 18.4 Å². The van der Waals surface area contributed by atoms with Crippen molar-refractivity contribution in [3.05, 3.63) is 59.7 Å². The van der Waals surface area contributed by atoms with Crippen LogP contribution in [0.25, 0.3) is 0 Å². The van der Waals surface area contributed by atoms with Crippen molar-refractivity contribution >= 4 is 11.7 Å². The Kier molecular flexibility index (Phi) is 6.01. The molecule has 26 heavy (non-hydrogen) atoms. The molecule has 0 bridgehead atoms. The molecule has 0 unspecified atom stereocenters. The molecule has 2 aromatic rings. The Hall–Kier alpha value is -2.67. The molecule has 2 heterocycles. The summed E-state index contributed by atoms with van der Waals surface area (Å²) in [6, 6.07) is 10.4. The molecule has 0 saturated carbocycles. The van der Waals surface area contributed by atoms with Crippen molar-refractivity contribution in [1.82, 2.24) is 15.2 Å². The molecule has 1 aromatic carbocycles. The normalized spacial score (nSPS) is 14.2. The molecule has 3 rings (SSSR count). The number of ether oxygens (including phenoxy) is 1. The standard InChI is InChI=1S/C19H23FN4O2/c1-23(14-16-4-2-3-7-21-16)19(25)22-13-15-5-6-18(17(20)12-15)24-8-10-26-11-9-24/h2-7,12H,8-11,13-14H2,1H3,(H,22,25). The predicted octanol–water partition coefficient (Wildman–Crippen LogP) is 2.40. The molecule has 1 fully saturated rings. The average molecular weight is 358 g/mol. The molecule has 6 nitrogen and oxygen atoms in total. The van der Waals surface area contributed by atoms with E-state index in [4.69, 9.17) is 4.74 Å². The number of rotatable bonds is 5. The summed E-state index contributed by atoms with van der Waals surface area (Å²) in [5.41, 5.74) is 2.11. The second kappa shape index (κ2) is 8.62. The van der Waals surface area contributed by atoms with Crippen molar-refractivity contribution < 1.29 is 13.9 Å². The van der Waals surface area contributed by atoms with Crippen molar-refractivity contribution in [1.29, 1.82) is 0 Å². The highest BCUT2D eigenvalue weighted by molar-refractivity contribution is 5.73. The van der Waals surface area contributed by atoms with E-state index in [1.54, 1.807) is 24.2 Å². The zero-order valence-electron chi connectivity index (χ0n) is 14.8. The van der Waals surface area contributed by atoms with Crippen LogP contribution in [-0.2, 0) is 17.8 Å². The molecule has 1 saturated heterocycles. The molecule has 1 aliphatic rings. The van der Waals surface area contributed by atoms with Gasteiger partial charge in [0.2, 0.25) is 0 Å². The number of nitrogens with one attached hydrogen (secondary N) is 1. The first-order valence-electron chi connectivity index (χ1n) is 8.63. The van der Waals surface area contributed by atoms with E-state index in [9.17, 15) is 9.18 Å². The van der Waals surface area contributed by atoms with Crippen LogP contribution < -0.4 is 10.2 Å². The second-order valence-corrected chi connectivity index (χ2v) is 6.22. The number of aromatic nitrogens is 1. The topological polar surface area (TPSA) is 57.7 Å². The van der Waals surface area contributed by atoms with Crippen molar-refractivity contribution in [3.8, 4) is 0 Å². The lowest BCUT2D eigenvalue weighted by molar-refractivity contribution is 0.122. The molecule has 138 valence electrons. The number of pyridine rings is 1. The van der Waals surface area contributed by atoms with Gasteiger partial charge in [-0.3, -0.25) is 4.98 Å². The van der Waals surface area contributed by atoms with Crippen molar-refractivity contribution in [2.75, 3.05) is 38.3 Å². The molecule has 1 aromatic heterocycles. The van der Waals surface area contributed by atoms with Gasteiger partial charge >= 0.3 is 6.03 Å². The van der Waals surface area contributed by atoms with Crippen LogP contribution in [0.4, 0.5) is 14.9 Å². The number of anilines is 1. The van der Waals surface area contributed by atoms with E-state index < -0.39 is 0 Å². The molecule has 1 aliphatic heterocycles. The Bertz CT molecular complexity index is 736. The molecule has 0 spiro atoms. The van der Waals surface area contributed by atoms with Gasteiger partial charge in [0.05, 0.1) is 31.1 Å². The molecule has 0 radical (unpaired) electrons. The molecule has 1 N–H and O–H groups in total. The Labute approximate surface area is 152 Å². The van der Waals surface area contributed by atoms with Gasteiger partial charge in [-0.1, -0.05) is 12.1 Å². The van der Waals surface area contributed by atoms with Crippen LogP contribution in [0.15, 0.2) is 42.6 Å². The Morgan fingerprint density at radius 3 is 2.81 bits per heavy atom. The largest absolute Gasteiger partial charge is 0.378 e. The molecule has 0 atom stereocenters. The van der Waals surface area contributed by atoms with Crippen LogP contribution in [0.5, 0.6) is 0 Å². The van der Waals surface area contributed by atoms with E-state index in [0.717, 1.165) is 11.3 Å². The maximum atomic E-state index is 14.4. The molecular formula is C19H23FN4O2. The third kappa shape index (κ3) is 4.70. The fraction of sp³-hybridized carbons (Fsp3) is 0.368. The Balaban J connectivity index is 1.53. The monoisotopic (exact) mass is 358 g/mol. The average Bonchev–Trinajstić information content (AvgIpc) is 2.67. The van der Waals surface area contributed by atoms with Crippen LogP contribution in [0.3, 0.4) is 0 Å². The summed E-state index contributed by atoms with van der Waals surface area (Å²) in [6.45, 7) is 3.28. The summed E-state index contributed by atoms with van der Waals surface area (Å²) in [4.78, 5) is 19.9. The first-order valence-corrected chi connectivity index (χ1v) is 8.63. The van der Waals surface area contributed by atoms with Crippen molar-refractivity contribution in [2.24, 2.45) is 0 Å². The van der Waals surface area contributed by atoms with E-state index in [2.05, 4.69) is 10.3 Å². The van der Waals surface area contributed by atoms with E-state index in [0.29, 0.717) is 38.5 Å². The lowest BCUT2D eigenvalue weighted by atomic mass is 10.1. The van der Waals surface area contributed by atoms with Crippen molar-refractivity contribution in [2.45, 2.75) is 13.1 Å². The number of halogens is 1. The number of hydrogen-bond acceptors (Lipinski definition) is 4. The SMILES string of the molecule is CN(Cc1ccccn1)C(=O)NCc1ccc(N2CCOCC2)c(F)c1. The molecule has 2 amide bonds. The summed E-state index contributed by atoms with van der Waals surface area (Å²) in [5.74, 6) is -0.277. The van der Waals surface area contributed by atoms with Crippen molar-refractivity contribution in [3.63, 3.8) is 0 Å². The highest BCUT2D eigenvalue weighted by Gasteiger charge is 2.16. The zero-order valence-corrected chi connectivity index (χ0v) is 14.8. The number of urea groups is 1. The summed E-state index contributed by atoms with van der Waals surface area (Å²) in [7, 11) is 1.70. The number of morpholine rings is 1. The highest BCUT2D eigenvalue weighted by Crippen LogP contribution is 2.21. The van der Waals surface area contributed by atoms with Gasteiger partial charge in [-0.15, -0.1) is 0 Å². The lowest BCUT2D eigenvalue weighted by Gasteiger charge is -2.29. The summed E-state index contributed by atoms with van der Waals surface area (Å²) in [6.07, 6.45) is 1.69. The first kappa shape index (κ1) is 18.1. The van der Waals surface area contributed by atoms with Gasteiger partial charge in [0.1, 0.15) is 5.82 Å². The Morgan fingerprint density at radius 2 is 2.12 bits per heavy atom. The summed E-state index contributed by atoms with van der Waals surface area (Å²) < 4.78 is 19.7. The molecule has 0 aliphatic carbocycles. The van der Waals surface area contributed by atoms with E-state index in [1.807, 2.05) is 29.2 Å². The number of carbonyl (C=O) groups is 1. The van der Waals surface area contributed by atoms with Gasteiger partial charge in [-0.2, -0.15) is 0 Å². The number of benzene rings is 1. The minimum Gasteiger partial charge on any atom is -0.378 e. The van der Waals surface area contributed by atoms with Gasteiger partial charge in [0.25, 0.3) is 0 Å². The van der Waals surface area contributed by atoms with Gasteiger partial charge in [0.15, 0.2) is 0 Å². The maximum Gasteiger partial charge on any atom is 0.317 e. The highest BCUT2D eigenvalue weighted by atomic mass is 19.1. The van der Waals surface area contributed by atoms with Gasteiger partial charge in [-0.05, 0) is 29.8 Å². The number of hydrogen-bond donors (Lipinski definition) is 1. The fourth-order valence-electron chi connectivity index (χ4n) is 2.84. The predicted molar refractivity (Wildman–Crippen MR) is 97.4 cm³/mol. The van der Waals surface area contributed by atoms with E-state index >= 15 is 0 Å². The minimum absolute atomic E-state index is 0.228. The fourth-order valence-corrected chi connectivity index (χ4v) is 2.84. The third-order valence-electron chi connectivity index (χ3n) is 4.28. The maximum absolute atomic E-state index is 14.4. The summed E-state index contributed by atoms with van der Waals surface area (Å²) in [5, 5.41) is 2.80. The zero-order chi connectivity index (χ0) is 18.4. The van der Waals surface area contributed by atoms with Crippen LogP contribution in [-0.4, -0.2) is 49.3 Å². The summed E-state index contributed by atoms with van der Waals surface area (Å²) >= 11 is 0. The van der Waals surface area contributed by atoms with Crippen LogP contribution >= 0.6 is 0 Å². The van der Waals surface area contributed by atoms with Crippen LogP contribution in [0.1, 0.15) is 11.3 Å². The smallest absolute Gasteiger partial charge is 0.317 e. The molecular weight excluding hydrogens is 335 g/mol. The van der Waals surface area contributed by atoms with Crippen LogP contribution in [0.2, 0.25) is 0 Å². The van der Waals surface area contributed by atoms with Gasteiger partial charge < -0.3 is 19.9 Å². The van der Waals surface area contributed by atoms with Gasteiger partial charge in [0, 0.05) is 32.9 Å². The number of amides is 2. The van der Waals surface area contributed by atoms with E-state index in [1.165, 1.54) is 6.07 Å².